The van der Waals surface area contributed by atoms with Gasteiger partial charge in [0.25, 0.3) is 5.69 Å². The molecule has 0 saturated carbocycles. The van der Waals surface area contributed by atoms with Crippen molar-refractivity contribution >= 4 is 11.7 Å². The number of rotatable bonds is 4. The van der Waals surface area contributed by atoms with E-state index in [-0.39, 0.29) is 12.3 Å². The van der Waals surface area contributed by atoms with Crippen molar-refractivity contribution in [3.8, 4) is 11.3 Å². The maximum Gasteiger partial charge on any atom is 0.302 e. The molecule has 2 aromatic rings. The lowest BCUT2D eigenvalue weighted by Gasteiger charge is -2.07. The number of benzene rings is 1. The van der Waals surface area contributed by atoms with Gasteiger partial charge < -0.3 is 9.15 Å². The largest absolute Gasteiger partial charge is 0.461 e. The maximum absolute atomic E-state index is 10.8. The molecule has 0 saturated heterocycles. The quantitative estimate of drug-likeness (QED) is 0.476. The van der Waals surface area contributed by atoms with Gasteiger partial charge in [0.05, 0.1) is 11.1 Å². The highest BCUT2D eigenvalue weighted by Gasteiger charge is 2.15. The molecule has 1 heterocycles. The molecular weight excluding hydrogens is 252 g/mol. The van der Waals surface area contributed by atoms with Gasteiger partial charge in [-0.3, -0.25) is 14.9 Å². The second kappa shape index (κ2) is 5.30. The summed E-state index contributed by atoms with van der Waals surface area (Å²) < 4.78 is 10.0. The maximum atomic E-state index is 10.8. The first kappa shape index (κ1) is 12.7. The van der Waals surface area contributed by atoms with Gasteiger partial charge in [0.1, 0.15) is 6.61 Å². The van der Waals surface area contributed by atoms with Gasteiger partial charge in [0.15, 0.2) is 12.2 Å². The number of non-ortho nitro benzene ring substituents is 1. The predicted molar refractivity (Wildman–Crippen MR) is 64.1 cm³/mol. The molecule has 1 aromatic heterocycles. The molecule has 0 aliphatic rings. The molecule has 0 fully saturated rings. The number of hydrogen-bond donors (Lipinski definition) is 0. The minimum atomic E-state index is -0.512. The van der Waals surface area contributed by atoms with E-state index in [9.17, 15) is 14.9 Å². The van der Waals surface area contributed by atoms with Crippen molar-refractivity contribution in [3.63, 3.8) is 0 Å². The Hall–Kier alpha value is -2.70. The third kappa shape index (κ3) is 2.95. The number of carbonyl (C=O) groups is 1. The van der Waals surface area contributed by atoms with Gasteiger partial charge >= 0.3 is 5.97 Å². The predicted octanol–water partition coefficient (Wildman–Crippen LogP) is 2.31. The van der Waals surface area contributed by atoms with Crippen molar-refractivity contribution in [1.82, 2.24) is 4.98 Å². The molecule has 0 radical (unpaired) electrons. The Balaban J connectivity index is 2.41. The second-order valence-corrected chi connectivity index (χ2v) is 3.74. The first-order chi connectivity index (χ1) is 9.08. The van der Waals surface area contributed by atoms with E-state index >= 15 is 0 Å². The van der Waals surface area contributed by atoms with Crippen LogP contribution in [0.15, 0.2) is 35.2 Å². The average Bonchev–Trinajstić information content (AvgIpc) is 2.89. The van der Waals surface area contributed by atoms with Crippen molar-refractivity contribution in [2.75, 3.05) is 0 Å². The molecule has 0 atom stereocenters. The van der Waals surface area contributed by atoms with Crippen LogP contribution in [0.4, 0.5) is 5.69 Å². The van der Waals surface area contributed by atoms with Crippen LogP contribution in [0, 0.1) is 10.1 Å². The number of nitro groups is 1. The summed E-state index contributed by atoms with van der Waals surface area (Å²) in [6.07, 6.45) is 2.74. The van der Waals surface area contributed by atoms with Crippen LogP contribution >= 0.6 is 0 Å². The summed E-state index contributed by atoms with van der Waals surface area (Å²) in [4.78, 5) is 24.9. The van der Waals surface area contributed by atoms with Gasteiger partial charge in [0.2, 0.25) is 0 Å². The fourth-order valence-electron chi connectivity index (χ4n) is 1.58. The van der Waals surface area contributed by atoms with Crippen molar-refractivity contribution in [2.24, 2.45) is 0 Å². The van der Waals surface area contributed by atoms with E-state index in [0.717, 1.165) is 0 Å². The summed E-state index contributed by atoms with van der Waals surface area (Å²) in [5.74, 6) is -0.00734. The molecule has 0 bridgehead atoms. The zero-order chi connectivity index (χ0) is 13.8. The van der Waals surface area contributed by atoms with Crippen LogP contribution < -0.4 is 0 Å². The number of nitro benzene ring substituents is 1. The fraction of sp³-hybridized carbons (Fsp3) is 0.167. The first-order valence-corrected chi connectivity index (χ1v) is 5.37. The van der Waals surface area contributed by atoms with Crippen LogP contribution in [-0.2, 0) is 16.1 Å². The summed E-state index contributed by atoms with van der Waals surface area (Å²) in [5.41, 5.74) is 1.01. The molecule has 98 valence electrons. The summed E-state index contributed by atoms with van der Waals surface area (Å²) in [6.45, 7) is 1.21. The number of nitrogens with zero attached hydrogens (tertiary/aromatic N) is 2. The topological polar surface area (TPSA) is 95.5 Å². The van der Waals surface area contributed by atoms with Gasteiger partial charge in [-0.2, -0.15) is 0 Å². The van der Waals surface area contributed by atoms with Crippen LogP contribution in [0.3, 0.4) is 0 Å². The molecule has 0 N–H and O–H groups in total. The molecule has 1 aromatic carbocycles. The van der Waals surface area contributed by atoms with Crippen molar-refractivity contribution < 1.29 is 18.9 Å². The molecule has 0 aliphatic carbocycles. The molecule has 7 nitrogen and oxygen atoms in total. The van der Waals surface area contributed by atoms with E-state index in [1.165, 1.54) is 37.7 Å². The normalized spacial score (nSPS) is 10.2. The highest BCUT2D eigenvalue weighted by atomic mass is 16.6. The second-order valence-electron chi connectivity index (χ2n) is 3.74. The lowest BCUT2D eigenvalue weighted by atomic mass is 10.1. The SMILES string of the molecule is CC(=O)OCc1cc([N+](=O)[O-])ccc1-c1cnco1. The number of ether oxygens (including phenoxy) is 1. The molecule has 0 unspecified atom stereocenters. The zero-order valence-corrected chi connectivity index (χ0v) is 10.0. The van der Waals surface area contributed by atoms with E-state index in [2.05, 4.69) is 4.98 Å². The molecule has 7 heteroatoms. The monoisotopic (exact) mass is 262 g/mol. The Kier molecular flexibility index (Phi) is 3.56. The van der Waals surface area contributed by atoms with E-state index in [4.69, 9.17) is 9.15 Å². The zero-order valence-electron chi connectivity index (χ0n) is 10.0. The fourth-order valence-corrected chi connectivity index (χ4v) is 1.58. The summed E-state index contributed by atoms with van der Waals surface area (Å²) in [7, 11) is 0. The highest BCUT2D eigenvalue weighted by molar-refractivity contribution is 5.67. The van der Waals surface area contributed by atoms with Crippen LogP contribution in [0.2, 0.25) is 0 Å². The van der Waals surface area contributed by atoms with E-state index in [1.807, 2.05) is 0 Å². The van der Waals surface area contributed by atoms with E-state index in [1.54, 1.807) is 0 Å². The van der Waals surface area contributed by atoms with Crippen LogP contribution in [0.1, 0.15) is 12.5 Å². The first-order valence-electron chi connectivity index (χ1n) is 5.37. The summed E-state index contributed by atoms with van der Waals surface area (Å²) in [6, 6.07) is 4.24. The summed E-state index contributed by atoms with van der Waals surface area (Å²) in [5, 5.41) is 10.8. The Morgan fingerprint density at radius 3 is 2.89 bits per heavy atom. The Morgan fingerprint density at radius 2 is 2.32 bits per heavy atom. The third-order valence-corrected chi connectivity index (χ3v) is 2.43. The molecule has 19 heavy (non-hydrogen) atoms. The number of carbonyl (C=O) groups excluding carboxylic acids is 1. The lowest BCUT2D eigenvalue weighted by Crippen LogP contribution is -2.01. The lowest BCUT2D eigenvalue weighted by molar-refractivity contribution is -0.384. The van der Waals surface area contributed by atoms with Crippen molar-refractivity contribution in [3.05, 3.63) is 46.5 Å². The third-order valence-electron chi connectivity index (χ3n) is 2.43. The van der Waals surface area contributed by atoms with E-state index in [0.29, 0.717) is 16.9 Å². The Labute approximate surface area is 108 Å². The highest BCUT2D eigenvalue weighted by Crippen LogP contribution is 2.27. The number of oxazole rings is 1. The van der Waals surface area contributed by atoms with Crippen LogP contribution in [0.5, 0.6) is 0 Å². The Bertz CT molecular complexity index is 607. The number of aromatic nitrogens is 1. The van der Waals surface area contributed by atoms with Gasteiger partial charge in [-0.05, 0) is 6.07 Å². The molecular formula is C12H10N2O5. The number of esters is 1. The van der Waals surface area contributed by atoms with Crippen molar-refractivity contribution in [1.29, 1.82) is 0 Å². The smallest absolute Gasteiger partial charge is 0.302 e. The minimum absolute atomic E-state index is 0.0625. The van der Waals surface area contributed by atoms with Gasteiger partial charge in [-0.1, -0.05) is 0 Å². The summed E-state index contributed by atoms with van der Waals surface area (Å²) >= 11 is 0. The van der Waals surface area contributed by atoms with Crippen molar-refractivity contribution in [2.45, 2.75) is 13.5 Å². The Morgan fingerprint density at radius 1 is 1.53 bits per heavy atom. The molecule has 0 amide bonds. The number of hydrogen-bond acceptors (Lipinski definition) is 6. The average molecular weight is 262 g/mol. The molecule has 0 aliphatic heterocycles. The molecule has 2 rings (SSSR count). The van der Waals surface area contributed by atoms with Gasteiger partial charge in [-0.25, -0.2) is 4.98 Å². The van der Waals surface area contributed by atoms with E-state index < -0.39 is 10.9 Å². The van der Waals surface area contributed by atoms with Gasteiger partial charge in [0, 0.05) is 30.2 Å². The molecule has 0 spiro atoms. The standard InChI is InChI=1S/C12H10N2O5/c1-8(15)18-6-9-4-10(14(16)17)2-3-11(9)12-5-13-7-19-12/h2-5,7H,6H2,1H3. The van der Waals surface area contributed by atoms with Crippen LogP contribution in [-0.4, -0.2) is 15.9 Å². The van der Waals surface area contributed by atoms with Gasteiger partial charge in [-0.15, -0.1) is 0 Å². The van der Waals surface area contributed by atoms with Crippen LogP contribution in [0.25, 0.3) is 11.3 Å². The minimum Gasteiger partial charge on any atom is -0.461 e.